The Morgan fingerprint density at radius 1 is 1.13 bits per heavy atom. The minimum absolute atomic E-state index is 0.363. The molecule has 1 fully saturated rings. The van der Waals surface area contributed by atoms with E-state index in [4.69, 9.17) is 0 Å². The van der Waals surface area contributed by atoms with E-state index < -0.39 is 5.97 Å². The smallest absolute Gasteiger partial charge is 0.337 e. The van der Waals surface area contributed by atoms with Gasteiger partial charge in [0.1, 0.15) is 0 Å². The van der Waals surface area contributed by atoms with Crippen LogP contribution in [-0.2, 0) is 6.54 Å². The van der Waals surface area contributed by atoms with Gasteiger partial charge in [-0.2, -0.15) is 0 Å². The molecule has 0 unspecified atom stereocenters. The van der Waals surface area contributed by atoms with E-state index in [9.17, 15) is 9.90 Å². The van der Waals surface area contributed by atoms with Crippen molar-refractivity contribution in [2.45, 2.75) is 32.7 Å². The van der Waals surface area contributed by atoms with E-state index in [1.807, 2.05) is 12.1 Å². The third kappa shape index (κ3) is 3.64. The van der Waals surface area contributed by atoms with Crippen molar-refractivity contribution in [3.05, 3.63) is 47.7 Å². The van der Waals surface area contributed by atoms with Gasteiger partial charge in [0.25, 0.3) is 0 Å². The molecular formula is C19H24N2O2. The normalized spacial score (nSPS) is 15.7. The van der Waals surface area contributed by atoms with Gasteiger partial charge in [0.15, 0.2) is 0 Å². The molecule has 0 aliphatic carbocycles. The number of carbonyl (C=O) groups is 1. The van der Waals surface area contributed by atoms with Gasteiger partial charge >= 0.3 is 5.97 Å². The summed E-state index contributed by atoms with van der Waals surface area (Å²) in [7, 11) is 0. The van der Waals surface area contributed by atoms with Crippen molar-refractivity contribution in [3.8, 4) is 11.3 Å². The van der Waals surface area contributed by atoms with Crippen molar-refractivity contribution < 1.29 is 9.90 Å². The molecule has 0 saturated carbocycles. The van der Waals surface area contributed by atoms with Crippen molar-refractivity contribution in [3.63, 3.8) is 0 Å². The molecule has 2 aromatic rings. The molecule has 2 heterocycles. The van der Waals surface area contributed by atoms with Gasteiger partial charge in [-0.25, -0.2) is 4.79 Å². The summed E-state index contributed by atoms with van der Waals surface area (Å²) in [5.41, 5.74) is 3.64. The second-order valence-electron chi connectivity index (χ2n) is 6.33. The Bertz CT molecular complexity index is 684. The van der Waals surface area contributed by atoms with Gasteiger partial charge in [-0.3, -0.25) is 0 Å². The van der Waals surface area contributed by atoms with Crippen LogP contribution in [0.3, 0.4) is 0 Å². The SMILES string of the molecule is Cc1ccccc1-c1cc(C(=O)O)cn1CCN1CCCCC1. The highest BCUT2D eigenvalue weighted by Gasteiger charge is 2.15. The van der Waals surface area contributed by atoms with E-state index >= 15 is 0 Å². The van der Waals surface area contributed by atoms with Gasteiger partial charge in [-0.15, -0.1) is 0 Å². The van der Waals surface area contributed by atoms with Crippen molar-refractivity contribution in [2.24, 2.45) is 0 Å². The lowest BCUT2D eigenvalue weighted by Gasteiger charge is -2.26. The molecule has 1 N–H and O–H groups in total. The third-order valence-corrected chi connectivity index (χ3v) is 4.67. The fourth-order valence-electron chi connectivity index (χ4n) is 3.33. The van der Waals surface area contributed by atoms with Crippen LogP contribution in [0.4, 0.5) is 0 Å². The topological polar surface area (TPSA) is 45.5 Å². The molecular weight excluding hydrogens is 288 g/mol. The largest absolute Gasteiger partial charge is 0.478 e. The van der Waals surface area contributed by atoms with E-state index in [1.54, 1.807) is 12.3 Å². The highest BCUT2D eigenvalue weighted by atomic mass is 16.4. The maximum atomic E-state index is 11.4. The zero-order valence-corrected chi connectivity index (χ0v) is 13.7. The fraction of sp³-hybridized carbons (Fsp3) is 0.421. The van der Waals surface area contributed by atoms with Crippen LogP contribution >= 0.6 is 0 Å². The molecule has 0 amide bonds. The molecule has 1 aliphatic heterocycles. The predicted molar refractivity (Wildman–Crippen MR) is 91.9 cm³/mol. The molecule has 0 radical (unpaired) electrons. The number of aryl methyl sites for hydroxylation is 1. The van der Waals surface area contributed by atoms with Crippen LogP contribution < -0.4 is 0 Å². The number of aromatic carboxylic acids is 1. The third-order valence-electron chi connectivity index (χ3n) is 4.67. The van der Waals surface area contributed by atoms with E-state index in [-0.39, 0.29) is 0 Å². The molecule has 0 bridgehead atoms. The van der Waals surface area contributed by atoms with Crippen molar-refractivity contribution in [1.29, 1.82) is 0 Å². The average Bonchev–Trinajstić information content (AvgIpc) is 2.99. The Morgan fingerprint density at radius 3 is 2.57 bits per heavy atom. The van der Waals surface area contributed by atoms with E-state index in [0.29, 0.717) is 5.56 Å². The van der Waals surface area contributed by atoms with Crippen LogP contribution in [0.5, 0.6) is 0 Å². The summed E-state index contributed by atoms with van der Waals surface area (Å²) in [5.74, 6) is -0.864. The van der Waals surface area contributed by atoms with Gasteiger partial charge in [0, 0.05) is 30.5 Å². The minimum Gasteiger partial charge on any atom is -0.478 e. The monoisotopic (exact) mass is 312 g/mol. The maximum absolute atomic E-state index is 11.4. The van der Waals surface area contributed by atoms with E-state index in [2.05, 4.69) is 28.5 Å². The Labute approximate surface area is 137 Å². The first kappa shape index (κ1) is 15.8. The summed E-state index contributed by atoms with van der Waals surface area (Å²) in [5, 5.41) is 9.33. The number of rotatable bonds is 5. The number of aromatic nitrogens is 1. The number of benzene rings is 1. The second-order valence-corrected chi connectivity index (χ2v) is 6.33. The van der Waals surface area contributed by atoms with Crippen LogP contribution in [0, 0.1) is 6.92 Å². The van der Waals surface area contributed by atoms with E-state index in [1.165, 1.54) is 24.8 Å². The number of nitrogens with zero attached hydrogens (tertiary/aromatic N) is 2. The summed E-state index contributed by atoms with van der Waals surface area (Å²) in [6.07, 6.45) is 5.65. The first-order chi connectivity index (χ1) is 11.1. The van der Waals surface area contributed by atoms with Crippen molar-refractivity contribution in [1.82, 2.24) is 9.47 Å². The van der Waals surface area contributed by atoms with Crippen LogP contribution in [0.25, 0.3) is 11.3 Å². The standard InChI is InChI=1S/C19H24N2O2/c1-15-7-3-4-8-17(15)18-13-16(19(22)23)14-21(18)12-11-20-9-5-2-6-10-20/h3-4,7-8,13-14H,2,5-6,9-12H2,1H3,(H,22,23). The Kier molecular flexibility index (Phi) is 4.82. The molecule has 122 valence electrons. The predicted octanol–water partition coefficient (Wildman–Crippen LogP) is 3.65. The Hall–Kier alpha value is -2.07. The summed E-state index contributed by atoms with van der Waals surface area (Å²) in [6.45, 7) is 6.20. The number of hydrogen-bond acceptors (Lipinski definition) is 2. The van der Waals surface area contributed by atoms with Crippen molar-refractivity contribution in [2.75, 3.05) is 19.6 Å². The number of piperidine rings is 1. The van der Waals surface area contributed by atoms with Gasteiger partial charge < -0.3 is 14.6 Å². The lowest BCUT2D eigenvalue weighted by Crippen LogP contribution is -2.32. The molecule has 1 aromatic heterocycles. The van der Waals surface area contributed by atoms with Crippen molar-refractivity contribution >= 4 is 5.97 Å². The first-order valence-electron chi connectivity index (χ1n) is 8.37. The highest BCUT2D eigenvalue weighted by Crippen LogP contribution is 2.26. The molecule has 3 rings (SSSR count). The number of carboxylic acids is 1. The first-order valence-corrected chi connectivity index (χ1v) is 8.37. The number of likely N-dealkylation sites (tertiary alicyclic amines) is 1. The van der Waals surface area contributed by atoms with Gasteiger partial charge in [-0.05, 0) is 44.5 Å². The molecule has 4 nitrogen and oxygen atoms in total. The van der Waals surface area contributed by atoms with E-state index in [0.717, 1.165) is 37.4 Å². The number of carboxylic acid groups (broad SMARTS) is 1. The Morgan fingerprint density at radius 2 is 1.87 bits per heavy atom. The van der Waals surface area contributed by atoms with Gasteiger partial charge in [-0.1, -0.05) is 30.7 Å². The summed E-state index contributed by atoms with van der Waals surface area (Å²) < 4.78 is 2.10. The minimum atomic E-state index is -0.864. The summed E-state index contributed by atoms with van der Waals surface area (Å²) >= 11 is 0. The second kappa shape index (κ2) is 7.01. The Balaban J connectivity index is 1.85. The summed E-state index contributed by atoms with van der Waals surface area (Å²) in [4.78, 5) is 13.8. The lowest BCUT2D eigenvalue weighted by atomic mass is 10.1. The molecule has 1 aliphatic rings. The zero-order valence-electron chi connectivity index (χ0n) is 13.7. The van der Waals surface area contributed by atoms with Gasteiger partial charge in [0.2, 0.25) is 0 Å². The molecule has 0 spiro atoms. The van der Waals surface area contributed by atoms with Crippen LogP contribution in [-0.4, -0.2) is 40.2 Å². The molecule has 1 saturated heterocycles. The number of hydrogen-bond donors (Lipinski definition) is 1. The van der Waals surface area contributed by atoms with Gasteiger partial charge in [0.05, 0.1) is 5.56 Å². The fourth-order valence-corrected chi connectivity index (χ4v) is 3.33. The molecule has 1 aromatic carbocycles. The zero-order chi connectivity index (χ0) is 16.2. The van der Waals surface area contributed by atoms with Crippen LogP contribution in [0.1, 0.15) is 35.2 Å². The van der Waals surface area contributed by atoms with Crippen LogP contribution in [0.2, 0.25) is 0 Å². The average molecular weight is 312 g/mol. The lowest BCUT2D eigenvalue weighted by molar-refractivity contribution is 0.0697. The maximum Gasteiger partial charge on any atom is 0.337 e. The highest BCUT2D eigenvalue weighted by molar-refractivity contribution is 5.89. The molecule has 4 heteroatoms. The quantitative estimate of drug-likeness (QED) is 0.916. The molecule has 23 heavy (non-hydrogen) atoms. The van der Waals surface area contributed by atoms with Crippen LogP contribution in [0.15, 0.2) is 36.5 Å². The molecule has 0 atom stereocenters. The summed E-state index contributed by atoms with van der Waals surface area (Å²) in [6, 6.07) is 9.94.